The maximum Gasteiger partial charge on any atom is 0.410 e. The summed E-state index contributed by atoms with van der Waals surface area (Å²) in [5.41, 5.74) is -0.441. The van der Waals surface area contributed by atoms with Crippen LogP contribution < -0.4 is 0 Å². The van der Waals surface area contributed by atoms with E-state index in [4.69, 9.17) is 14.2 Å². The number of aliphatic hydroxyl groups excluding tert-OH is 2. The maximum absolute atomic E-state index is 13.5. The molecule has 4 heterocycles. The van der Waals surface area contributed by atoms with Gasteiger partial charge in [0.2, 0.25) is 0 Å². The zero-order chi connectivity index (χ0) is 37.8. The number of hydrogen-bond acceptors (Lipinski definition) is 8. The highest BCUT2D eigenvalue weighted by atomic mass is 16.6. The van der Waals surface area contributed by atoms with E-state index in [-0.39, 0.29) is 60.7 Å². The number of nitrogens with zero attached hydrogens (tertiary/aromatic N) is 2. The molecule has 1 saturated carbocycles. The molecule has 0 bridgehead atoms. The predicted molar refractivity (Wildman–Crippen MR) is 201 cm³/mol. The number of esters is 1. The molecule has 0 aromatic carbocycles. The summed E-state index contributed by atoms with van der Waals surface area (Å²) in [5.74, 6) is -0.424. The molecule has 4 aliphatic heterocycles. The molecule has 1 amide bonds. The van der Waals surface area contributed by atoms with Crippen molar-refractivity contribution in [1.82, 2.24) is 4.90 Å². The lowest BCUT2D eigenvalue weighted by Gasteiger charge is -2.64. The fraction of sp³-hybridized carbons (Fsp3) is 0.810. The maximum atomic E-state index is 13.5. The summed E-state index contributed by atoms with van der Waals surface area (Å²) < 4.78 is 19.0. The normalized spacial score (nSPS) is 36.6. The number of ether oxygens (including phenoxy) is 3. The van der Waals surface area contributed by atoms with E-state index in [0.29, 0.717) is 13.1 Å². The van der Waals surface area contributed by atoms with Gasteiger partial charge in [-0.3, -0.25) is 4.79 Å². The van der Waals surface area contributed by atoms with Crippen molar-refractivity contribution in [2.45, 2.75) is 160 Å². The molecule has 3 saturated heterocycles. The third-order valence-corrected chi connectivity index (χ3v) is 13.0. The summed E-state index contributed by atoms with van der Waals surface area (Å²) in [6.07, 6.45) is 16.2. The molecule has 52 heavy (non-hydrogen) atoms. The zero-order valence-corrected chi connectivity index (χ0v) is 33.0. The Hall–Kier alpha value is -2.24. The number of carbonyl (C=O) groups is 2. The smallest absolute Gasteiger partial charge is 0.410 e. The van der Waals surface area contributed by atoms with Crippen LogP contribution in [-0.2, 0) is 19.0 Å². The minimum absolute atomic E-state index is 0.0992. The highest BCUT2D eigenvalue weighted by Gasteiger charge is 2.63. The first kappa shape index (κ1) is 40.9. The quantitative estimate of drug-likeness (QED) is 0.0617. The first-order valence-corrected chi connectivity index (χ1v) is 20.3. The van der Waals surface area contributed by atoms with Gasteiger partial charge in [-0.25, -0.2) is 4.79 Å². The molecule has 0 aromatic heterocycles. The fourth-order valence-electron chi connectivity index (χ4n) is 9.69. The zero-order valence-electron chi connectivity index (χ0n) is 33.0. The Morgan fingerprint density at radius 1 is 1.13 bits per heavy atom. The van der Waals surface area contributed by atoms with Crippen molar-refractivity contribution in [1.29, 1.82) is 0 Å². The largest absolute Gasteiger partial charge is 0.457 e. The molecule has 3 N–H and O–H groups in total. The lowest BCUT2D eigenvalue weighted by molar-refractivity contribution is -0.991. The molecule has 10 heteroatoms. The van der Waals surface area contributed by atoms with Crippen molar-refractivity contribution < 1.29 is 43.6 Å². The average Bonchev–Trinajstić information content (AvgIpc) is 3.87. The number of hydrogen-bond donors (Lipinski definition) is 3. The number of amides is 1. The molecular formula is C42H69N2O8+. The van der Waals surface area contributed by atoms with E-state index in [9.17, 15) is 24.9 Å². The van der Waals surface area contributed by atoms with Crippen molar-refractivity contribution in [2.75, 3.05) is 33.2 Å². The van der Waals surface area contributed by atoms with Crippen molar-refractivity contribution in [3.8, 4) is 0 Å². The monoisotopic (exact) mass is 730 g/mol. The van der Waals surface area contributed by atoms with Gasteiger partial charge in [0.15, 0.2) is 6.10 Å². The molecule has 4 fully saturated rings. The van der Waals surface area contributed by atoms with Crippen LogP contribution in [0, 0.1) is 23.2 Å². The van der Waals surface area contributed by atoms with Crippen LogP contribution >= 0.6 is 0 Å². The number of quaternary nitrogens is 1. The number of cyclic esters (lactones) is 1. The van der Waals surface area contributed by atoms with Gasteiger partial charge in [-0.2, -0.15) is 0 Å². The lowest BCUT2D eigenvalue weighted by Crippen LogP contribution is -2.80. The van der Waals surface area contributed by atoms with Gasteiger partial charge >= 0.3 is 12.1 Å². The SMILES string of the molecule is CC[C@H](O)[C@@H](C)[C@H]1O[C@@H]1C[C@H](C)/C=C/C=C(\C)[C@H]1OC(=O)C[C@H](O)CC[C@@](C)(O)[C@@H](OC(=O)N2CC3(C2)C[N+](C)(C2CCCCCC2)C3)/C=C/[C@@H]1C. The van der Waals surface area contributed by atoms with Gasteiger partial charge in [-0.15, -0.1) is 0 Å². The minimum Gasteiger partial charge on any atom is -0.457 e. The summed E-state index contributed by atoms with van der Waals surface area (Å²) in [6.45, 7) is 15.2. The highest BCUT2D eigenvalue weighted by molar-refractivity contribution is 5.71. The van der Waals surface area contributed by atoms with Crippen molar-refractivity contribution in [3.05, 3.63) is 36.0 Å². The predicted octanol–water partition coefficient (Wildman–Crippen LogP) is 6.08. The van der Waals surface area contributed by atoms with Gasteiger partial charge < -0.3 is 38.9 Å². The molecular weight excluding hydrogens is 660 g/mol. The second kappa shape index (κ2) is 17.1. The van der Waals surface area contributed by atoms with Crippen molar-refractivity contribution in [2.24, 2.45) is 23.2 Å². The van der Waals surface area contributed by atoms with Crippen molar-refractivity contribution in [3.63, 3.8) is 0 Å². The summed E-state index contributed by atoms with van der Waals surface area (Å²) >= 11 is 0. The second-order valence-corrected chi connectivity index (χ2v) is 18.0. The number of rotatable bonds is 10. The molecule has 0 unspecified atom stereocenters. The van der Waals surface area contributed by atoms with E-state index >= 15 is 0 Å². The van der Waals surface area contributed by atoms with E-state index in [1.165, 1.54) is 38.5 Å². The number of carbonyl (C=O) groups excluding carboxylic acids is 2. The van der Waals surface area contributed by atoms with E-state index < -0.39 is 36.0 Å². The summed E-state index contributed by atoms with van der Waals surface area (Å²) in [4.78, 5) is 28.2. The molecule has 1 aliphatic carbocycles. The molecule has 0 aromatic rings. The minimum atomic E-state index is -1.44. The van der Waals surface area contributed by atoms with E-state index in [0.717, 1.165) is 42.0 Å². The summed E-state index contributed by atoms with van der Waals surface area (Å²) in [6, 6.07) is 0.732. The topological polar surface area (TPSA) is 129 Å². The second-order valence-electron chi connectivity index (χ2n) is 18.0. The molecule has 1 spiro atoms. The Balaban J connectivity index is 1.20. The van der Waals surface area contributed by atoms with Crippen LogP contribution in [-0.4, -0.2) is 118 Å². The van der Waals surface area contributed by atoms with Crippen LogP contribution in [0.2, 0.25) is 0 Å². The standard InChI is InChI=1S/C42H69N2O8/c1-8-34(46)31(5)39-35(50-39)22-28(2)14-13-15-29(3)38-30(4)18-19-36(41(6,49)21-20-33(45)23-37(47)52-38)51-40(48)43-24-42(25-43)26-44(7,27-42)32-16-11-9-10-12-17-32/h13-15,18-19,28,30-36,38-39,45-46,49H,8-12,16-17,20-27H2,1-7H3/q+1/b14-13+,19-18+,29-15+/t28-,30+,31-,33-,34+,35-,36+,38-,39-,41-/m1/s1. The van der Waals surface area contributed by atoms with Gasteiger partial charge in [0.25, 0.3) is 0 Å². The first-order chi connectivity index (χ1) is 24.5. The highest BCUT2D eigenvalue weighted by Crippen LogP contribution is 2.47. The molecule has 10 nitrogen and oxygen atoms in total. The number of likely N-dealkylation sites (tertiary alicyclic amines) is 2. The molecule has 5 rings (SSSR count). The van der Waals surface area contributed by atoms with Gasteiger partial charge in [-0.1, -0.05) is 64.8 Å². The lowest BCUT2D eigenvalue weighted by atomic mass is 9.70. The van der Waals surface area contributed by atoms with Crippen LogP contribution in [0.3, 0.4) is 0 Å². The Labute approximate surface area is 312 Å². The van der Waals surface area contributed by atoms with Crippen LogP contribution in [0.4, 0.5) is 4.79 Å². The van der Waals surface area contributed by atoms with Gasteiger partial charge in [-0.05, 0) is 82.8 Å². The Morgan fingerprint density at radius 3 is 2.46 bits per heavy atom. The first-order valence-electron chi connectivity index (χ1n) is 20.3. The van der Waals surface area contributed by atoms with Crippen LogP contribution in [0.1, 0.15) is 112 Å². The van der Waals surface area contributed by atoms with E-state index in [1.54, 1.807) is 17.9 Å². The van der Waals surface area contributed by atoms with Crippen LogP contribution in [0.25, 0.3) is 0 Å². The number of allylic oxidation sites excluding steroid dienone is 3. The molecule has 294 valence electrons. The third kappa shape index (κ3) is 10.1. The van der Waals surface area contributed by atoms with Crippen LogP contribution in [0.15, 0.2) is 36.0 Å². The fourth-order valence-corrected chi connectivity index (χ4v) is 9.69. The molecule has 10 atom stereocenters. The molecule has 5 aliphatic rings. The van der Waals surface area contributed by atoms with Crippen molar-refractivity contribution >= 4 is 12.1 Å². The van der Waals surface area contributed by atoms with Gasteiger partial charge in [0.1, 0.15) is 17.1 Å². The Kier molecular flexibility index (Phi) is 13.4. The van der Waals surface area contributed by atoms with Gasteiger partial charge in [0.05, 0.1) is 57.0 Å². The number of epoxide rings is 1. The van der Waals surface area contributed by atoms with Gasteiger partial charge in [0, 0.05) is 24.9 Å². The Bertz CT molecular complexity index is 1300. The summed E-state index contributed by atoms with van der Waals surface area (Å²) in [7, 11) is 2.39. The van der Waals surface area contributed by atoms with Crippen LogP contribution in [0.5, 0.6) is 0 Å². The molecule has 0 radical (unpaired) electrons. The van der Waals surface area contributed by atoms with E-state index in [1.807, 2.05) is 45.9 Å². The Morgan fingerprint density at radius 2 is 1.81 bits per heavy atom. The summed E-state index contributed by atoms with van der Waals surface area (Å²) in [5, 5.41) is 32.5. The number of aliphatic hydroxyl groups is 3. The third-order valence-electron chi connectivity index (χ3n) is 13.0. The van der Waals surface area contributed by atoms with E-state index in [2.05, 4.69) is 20.0 Å². The average molecular weight is 730 g/mol.